The summed E-state index contributed by atoms with van der Waals surface area (Å²) in [5.74, 6) is -0.482. The van der Waals surface area contributed by atoms with Crippen molar-refractivity contribution in [2.75, 3.05) is 18.0 Å². The molecule has 1 N–H and O–H groups in total. The number of halogens is 2. The number of hydrogen-bond acceptors (Lipinski definition) is 2. The zero-order valence-corrected chi connectivity index (χ0v) is 13.1. The van der Waals surface area contributed by atoms with Crippen LogP contribution in [0.4, 0.5) is 5.69 Å². The van der Waals surface area contributed by atoms with E-state index in [0.717, 1.165) is 12.8 Å². The van der Waals surface area contributed by atoms with Crippen molar-refractivity contribution in [2.24, 2.45) is 0 Å². The van der Waals surface area contributed by atoms with E-state index in [2.05, 4.69) is 5.32 Å². The smallest absolute Gasteiger partial charge is 0.240 e. The molecule has 0 aliphatic carbocycles. The molecule has 0 aliphatic heterocycles. The average Bonchev–Trinajstić information content (AvgIpc) is 2.39. The lowest BCUT2D eigenvalue weighted by atomic mass is 10.2. The second kappa shape index (κ2) is 8.12. The molecule has 2 amide bonds. The fourth-order valence-corrected chi connectivity index (χ4v) is 2.05. The van der Waals surface area contributed by atoms with E-state index >= 15 is 0 Å². The van der Waals surface area contributed by atoms with Crippen molar-refractivity contribution in [3.8, 4) is 0 Å². The minimum Gasteiger partial charge on any atom is -0.355 e. The molecule has 0 atom stereocenters. The van der Waals surface area contributed by atoms with E-state index in [9.17, 15) is 9.59 Å². The SMILES string of the molecule is CCCCNC(=O)CN(C(C)=O)c1cc(Cl)ccc1Cl. The number of benzene rings is 1. The van der Waals surface area contributed by atoms with Gasteiger partial charge in [0.25, 0.3) is 0 Å². The number of hydrogen-bond donors (Lipinski definition) is 1. The summed E-state index contributed by atoms with van der Waals surface area (Å²) in [6.07, 6.45) is 1.90. The van der Waals surface area contributed by atoms with Gasteiger partial charge in [0.15, 0.2) is 0 Å². The van der Waals surface area contributed by atoms with E-state index in [1.165, 1.54) is 11.8 Å². The lowest BCUT2D eigenvalue weighted by Crippen LogP contribution is -2.40. The predicted molar refractivity (Wildman–Crippen MR) is 82.4 cm³/mol. The van der Waals surface area contributed by atoms with Crippen LogP contribution in [0.5, 0.6) is 0 Å². The molecule has 0 fully saturated rings. The highest BCUT2D eigenvalue weighted by molar-refractivity contribution is 6.35. The third-order valence-corrected chi connectivity index (χ3v) is 3.29. The molecule has 1 aromatic rings. The molecule has 0 radical (unpaired) electrons. The normalized spacial score (nSPS) is 10.2. The largest absolute Gasteiger partial charge is 0.355 e. The third-order valence-electron chi connectivity index (χ3n) is 2.73. The maximum atomic E-state index is 11.8. The fraction of sp³-hybridized carbons (Fsp3) is 0.429. The Kier molecular flexibility index (Phi) is 6.82. The van der Waals surface area contributed by atoms with Crippen molar-refractivity contribution in [3.05, 3.63) is 28.2 Å². The van der Waals surface area contributed by atoms with Crippen LogP contribution in [-0.2, 0) is 9.59 Å². The van der Waals surface area contributed by atoms with Crippen LogP contribution in [-0.4, -0.2) is 24.9 Å². The number of carbonyl (C=O) groups excluding carboxylic acids is 2. The van der Waals surface area contributed by atoms with Gasteiger partial charge in [-0.3, -0.25) is 9.59 Å². The Labute approximate surface area is 129 Å². The van der Waals surface area contributed by atoms with Crippen LogP contribution < -0.4 is 10.2 Å². The van der Waals surface area contributed by atoms with E-state index in [0.29, 0.717) is 22.3 Å². The standard InChI is InChI=1S/C14H18Cl2N2O2/c1-3-4-7-17-14(20)9-18(10(2)19)13-8-11(15)5-6-12(13)16/h5-6,8H,3-4,7,9H2,1-2H3,(H,17,20). The molecule has 0 aliphatic rings. The maximum Gasteiger partial charge on any atom is 0.240 e. The third kappa shape index (κ3) is 5.02. The van der Waals surface area contributed by atoms with Crippen LogP contribution in [0.3, 0.4) is 0 Å². The Hall–Kier alpha value is -1.26. The lowest BCUT2D eigenvalue weighted by Gasteiger charge is -2.22. The topological polar surface area (TPSA) is 49.4 Å². The van der Waals surface area contributed by atoms with Gasteiger partial charge in [0.2, 0.25) is 11.8 Å². The number of nitrogens with zero attached hydrogens (tertiary/aromatic N) is 1. The Morgan fingerprint density at radius 3 is 2.60 bits per heavy atom. The van der Waals surface area contributed by atoms with E-state index in [1.54, 1.807) is 18.2 Å². The first kappa shape index (κ1) is 16.8. The number of amides is 2. The Bertz CT molecular complexity index is 492. The van der Waals surface area contributed by atoms with Crippen molar-refractivity contribution >= 4 is 40.7 Å². The highest BCUT2D eigenvalue weighted by Gasteiger charge is 2.18. The maximum absolute atomic E-state index is 11.8. The number of nitrogens with one attached hydrogen (secondary N) is 1. The molecule has 0 saturated carbocycles. The van der Waals surface area contributed by atoms with Crippen molar-refractivity contribution in [2.45, 2.75) is 26.7 Å². The molecule has 0 aromatic heterocycles. The first-order chi connectivity index (χ1) is 9.45. The quantitative estimate of drug-likeness (QED) is 0.819. The summed E-state index contributed by atoms with van der Waals surface area (Å²) >= 11 is 12.0. The summed E-state index contributed by atoms with van der Waals surface area (Å²) in [5, 5.41) is 3.60. The summed E-state index contributed by atoms with van der Waals surface area (Å²) in [7, 11) is 0. The minimum absolute atomic E-state index is 0.0703. The van der Waals surface area contributed by atoms with Gasteiger partial charge in [-0.1, -0.05) is 36.5 Å². The van der Waals surface area contributed by atoms with Crippen molar-refractivity contribution in [1.29, 1.82) is 0 Å². The van der Waals surface area contributed by atoms with E-state index in [1.807, 2.05) is 6.92 Å². The Morgan fingerprint density at radius 1 is 1.30 bits per heavy atom. The van der Waals surface area contributed by atoms with Crippen LogP contribution in [0, 0.1) is 0 Å². The highest BCUT2D eigenvalue weighted by Crippen LogP contribution is 2.29. The van der Waals surface area contributed by atoms with Gasteiger partial charge in [0, 0.05) is 18.5 Å². The van der Waals surface area contributed by atoms with Gasteiger partial charge >= 0.3 is 0 Å². The molecule has 0 bridgehead atoms. The predicted octanol–water partition coefficient (Wildman–Crippen LogP) is 3.26. The summed E-state index contributed by atoms with van der Waals surface area (Å²) < 4.78 is 0. The number of unbranched alkanes of at least 4 members (excludes halogenated alkanes) is 1. The van der Waals surface area contributed by atoms with Crippen LogP contribution in [0.25, 0.3) is 0 Å². The number of carbonyl (C=O) groups is 2. The summed E-state index contributed by atoms with van der Waals surface area (Å²) in [4.78, 5) is 24.9. The van der Waals surface area contributed by atoms with Crippen LogP contribution in [0.15, 0.2) is 18.2 Å². The highest BCUT2D eigenvalue weighted by atomic mass is 35.5. The van der Waals surface area contributed by atoms with Gasteiger partial charge in [-0.05, 0) is 24.6 Å². The van der Waals surface area contributed by atoms with Gasteiger partial charge in [-0.15, -0.1) is 0 Å². The van der Waals surface area contributed by atoms with Gasteiger partial charge in [0.05, 0.1) is 10.7 Å². The van der Waals surface area contributed by atoms with Crippen LogP contribution >= 0.6 is 23.2 Å². The number of rotatable bonds is 6. The van der Waals surface area contributed by atoms with Crippen molar-refractivity contribution < 1.29 is 9.59 Å². The van der Waals surface area contributed by atoms with Gasteiger partial charge in [-0.2, -0.15) is 0 Å². The first-order valence-corrected chi connectivity index (χ1v) is 7.21. The first-order valence-electron chi connectivity index (χ1n) is 6.45. The lowest BCUT2D eigenvalue weighted by molar-refractivity contribution is -0.123. The second-order valence-electron chi connectivity index (χ2n) is 4.40. The molecule has 1 rings (SSSR count). The molecule has 0 spiro atoms. The second-order valence-corrected chi connectivity index (χ2v) is 5.25. The molecular weight excluding hydrogens is 299 g/mol. The van der Waals surface area contributed by atoms with Gasteiger partial charge < -0.3 is 10.2 Å². The van der Waals surface area contributed by atoms with E-state index < -0.39 is 0 Å². The molecule has 110 valence electrons. The molecule has 0 saturated heterocycles. The van der Waals surface area contributed by atoms with E-state index in [4.69, 9.17) is 23.2 Å². The van der Waals surface area contributed by atoms with Gasteiger partial charge in [0.1, 0.15) is 6.54 Å². The van der Waals surface area contributed by atoms with Crippen molar-refractivity contribution in [1.82, 2.24) is 5.32 Å². The number of anilines is 1. The fourth-order valence-electron chi connectivity index (χ4n) is 1.66. The summed E-state index contributed by atoms with van der Waals surface area (Å²) in [6, 6.07) is 4.81. The summed E-state index contributed by atoms with van der Waals surface area (Å²) in [6.45, 7) is 3.96. The average molecular weight is 317 g/mol. The van der Waals surface area contributed by atoms with Crippen LogP contribution in [0.1, 0.15) is 26.7 Å². The molecule has 0 heterocycles. The molecule has 20 heavy (non-hydrogen) atoms. The molecule has 0 unspecified atom stereocenters. The van der Waals surface area contributed by atoms with Gasteiger partial charge in [-0.25, -0.2) is 0 Å². The Morgan fingerprint density at radius 2 is 2.00 bits per heavy atom. The molecular formula is C14H18Cl2N2O2. The summed E-state index contributed by atoms with van der Waals surface area (Å²) in [5.41, 5.74) is 0.442. The molecule has 4 nitrogen and oxygen atoms in total. The minimum atomic E-state index is -0.264. The monoisotopic (exact) mass is 316 g/mol. The van der Waals surface area contributed by atoms with Crippen molar-refractivity contribution in [3.63, 3.8) is 0 Å². The molecule has 1 aromatic carbocycles. The van der Waals surface area contributed by atoms with Crippen LogP contribution in [0.2, 0.25) is 10.0 Å². The zero-order valence-electron chi connectivity index (χ0n) is 11.6. The van der Waals surface area contributed by atoms with E-state index in [-0.39, 0.29) is 18.4 Å². The molecule has 6 heteroatoms. The Balaban J connectivity index is 2.82. The zero-order chi connectivity index (χ0) is 15.1.